The van der Waals surface area contributed by atoms with Gasteiger partial charge in [-0.1, -0.05) is 36.4 Å². The second kappa shape index (κ2) is 10.0. The molecule has 1 saturated heterocycles. The molecule has 0 saturated carbocycles. The summed E-state index contributed by atoms with van der Waals surface area (Å²) in [6.45, 7) is 9.60. The van der Waals surface area contributed by atoms with Crippen molar-refractivity contribution in [2.45, 2.75) is 52.2 Å². The van der Waals surface area contributed by atoms with E-state index in [1.54, 1.807) is 7.11 Å². The predicted octanol–water partition coefficient (Wildman–Crippen LogP) is 5.98. The number of nitrogens with zero attached hydrogens (tertiary/aromatic N) is 2. The maximum Gasteiger partial charge on any atom is 0.410 e. The number of rotatable bonds is 5. The highest BCUT2D eigenvalue weighted by Crippen LogP contribution is 2.38. The first-order valence-electron chi connectivity index (χ1n) is 12.0. The smallest absolute Gasteiger partial charge is 0.410 e. The van der Waals surface area contributed by atoms with Crippen LogP contribution in [0.3, 0.4) is 0 Å². The highest BCUT2D eigenvalue weighted by atomic mass is 16.6. The summed E-state index contributed by atoms with van der Waals surface area (Å²) in [5, 5.41) is 0. The highest BCUT2D eigenvalue weighted by Gasteiger charge is 2.26. The van der Waals surface area contributed by atoms with Gasteiger partial charge in [0, 0.05) is 32.7 Å². The first-order valence-corrected chi connectivity index (χ1v) is 12.0. The Morgan fingerprint density at radius 2 is 1.70 bits per heavy atom. The molecule has 0 atom stereocenters. The molecule has 2 aromatic rings. The largest absolute Gasteiger partial charge is 0.497 e. The summed E-state index contributed by atoms with van der Waals surface area (Å²) in [4.78, 5) is 16.7. The lowest BCUT2D eigenvalue weighted by atomic mass is 9.91. The van der Waals surface area contributed by atoms with Crippen LogP contribution in [0.5, 0.6) is 5.75 Å². The van der Waals surface area contributed by atoms with Crippen LogP contribution in [0.15, 0.2) is 48.5 Å². The molecular formula is C28H36N2O3. The van der Waals surface area contributed by atoms with Crippen LogP contribution in [0.25, 0.3) is 16.7 Å². The van der Waals surface area contributed by atoms with E-state index in [9.17, 15) is 4.79 Å². The molecular weight excluding hydrogens is 412 g/mol. The van der Waals surface area contributed by atoms with Crippen molar-refractivity contribution in [1.82, 2.24) is 9.80 Å². The molecule has 5 nitrogen and oxygen atoms in total. The van der Waals surface area contributed by atoms with Crippen molar-refractivity contribution in [3.63, 3.8) is 0 Å². The summed E-state index contributed by atoms with van der Waals surface area (Å²) in [7, 11) is 1.72. The molecule has 1 fully saturated rings. The van der Waals surface area contributed by atoms with Gasteiger partial charge >= 0.3 is 6.09 Å². The van der Waals surface area contributed by atoms with E-state index in [0.717, 1.165) is 38.2 Å². The molecule has 1 aliphatic carbocycles. The van der Waals surface area contributed by atoms with Crippen molar-refractivity contribution in [2.24, 2.45) is 0 Å². The van der Waals surface area contributed by atoms with Gasteiger partial charge in [0.2, 0.25) is 0 Å². The van der Waals surface area contributed by atoms with E-state index in [1.807, 2.05) is 31.7 Å². The lowest BCUT2D eigenvalue weighted by Crippen LogP contribution is -2.49. The van der Waals surface area contributed by atoms with Gasteiger partial charge in [-0.15, -0.1) is 0 Å². The molecule has 0 bridgehead atoms. The van der Waals surface area contributed by atoms with Crippen LogP contribution in [-0.2, 0) is 11.3 Å². The average Bonchev–Trinajstić information content (AvgIpc) is 3.33. The van der Waals surface area contributed by atoms with Crippen molar-refractivity contribution in [3.05, 3.63) is 59.7 Å². The van der Waals surface area contributed by atoms with Crippen molar-refractivity contribution >= 4 is 11.7 Å². The molecule has 176 valence electrons. The van der Waals surface area contributed by atoms with Gasteiger partial charge in [-0.3, -0.25) is 4.90 Å². The van der Waals surface area contributed by atoms with Gasteiger partial charge in [0.15, 0.2) is 0 Å². The number of piperazine rings is 1. The molecule has 0 unspecified atom stereocenters. The van der Waals surface area contributed by atoms with Gasteiger partial charge in [-0.25, -0.2) is 4.79 Å². The van der Waals surface area contributed by atoms with E-state index < -0.39 is 5.60 Å². The SMILES string of the molecule is COc1ccc(CN2CCN(C(=O)OC(C)(C)C)CC2)c(-c2ccccc2C2=CCCC2)c1. The number of benzene rings is 2. The van der Waals surface area contributed by atoms with Crippen LogP contribution in [0.2, 0.25) is 0 Å². The monoisotopic (exact) mass is 448 g/mol. The second-order valence-electron chi connectivity index (χ2n) is 9.93. The molecule has 2 aliphatic rings. The normalized spacial score (nSPS) is 17.1. The maximum atomic E-state index is 12.4. The van der Waals surface area contributed by atoms with Gasteiger partial charge in [0.25, 0.3) is 0 Å². The number of hydrogen-bond acceptors (Lipinski definition) is 4. The fourth-order valence-electron chi connectivity index (χ4n) is 4.64. The zero-order chi connectivity index (χ0) is 23.4. The number of carbonyl (C=O) groups excluding carboxylic acids is 1. The fraction of sp³-hybridized carbons (Fsp3) is 0.464. The van der Waals surface area contributed by atoms with Crippen LogP contribution in [0.1, 0.15) is 51.2 Å². The summed E-state index contributed by atoms with van der Waals surface area (Å²) >= 11 is 0. The summed E-state index contributed by atoms with van der Waals surface area (Å²) in [6, 6.07) is 15.1. The summed E-state index contributed by atoms with van der Waals surface area (Å²) in [5.41, 5.74) is 6.10. The third-order valence-electron chi connectivity index (χ3n) is 6.34. The topological polar surface area (TPSA) is 42.0 Å². The number of allylic oxidation sites excluding steroid dienone is 2. The Labute approximate surface area is 198 Å². The Bertz CT molecular complexity index is 1010. The summed E-state index contributed by atoms with van der Waals surface area (Å²) in [6.07, 6.45) is 5.70. The second-order valence-corrected chi connectivity index (χ2v) is 9.93. The minimum Gasteiger partial charge on any atom is -0.497 e. The minimum atomic E-state index is -0.464. The van der Waals surface area contributed by atoms with Gasteiger partial charge < -0.3 is 14.4 Å². The Morgan fingerprint density at radius 3 is 2.33 bits per heavy atom. The van der Waals surface area contributed by atoms with Crippen molar-refractivity contribution in [1.29, 1.82) is 0 Å². The van der Waals surface area contributed by atoms with E-state index in [2.05, 4.69) is 47.4 Å². The van der Waals surface area contributed by atoms with Crippen LogP contribution < -0.4 is 4.74 Å². The average molecular weight is 449 g/mol. The fourth-order valence-corrected chi connectivity index (χ4v) is 4.64. The van der Waals surface area contributed by atoms with E-state index in [1.165, 1.54) is 34.2 Å². The first-order chi connectivity index (χ1) is 15.8. The zero-order valence-electron chi connectivity index (χ0n) is 20.4. The molecule has 0 aromatic heterocycles. The van der Waals surface area contributed by atoms with Gasteiger partial charge in [0.05, 0.1) is 7.11 Å². The van der Waals surface area contributed by atoms with Crippen molar-refractivity contribution in [3.8, 4) is 16.9 Å². The van der Waals surface area contributed by atoms with Gasteiger partial charge in [-0.05, 0) is 80.0 Å². The van der Waals surface area contributed by atoms with Crippen LogP contribution in [-0.4, -0.2) is 54.8 Å². The van der Waals surface area contributed by atoms with Crippen LogP contribution in [0, 0.1) is 0 Å². The van der Waals surface area contributed by atoms with E-state index >= 15 is 0 Å². The number of hydrogen-bond donors (Lipinski definition) is 0. The molecule has 0 N–H and O–H groups in total. The molecule has 0 spiro atoms. The predicted molar refractivity (Wildman–Crippen MR) is 133 cm³/mol. The van der Waals surface area contributed by atoms with Crippen LogP contribution in [0.4, 0.5) is 4.79 Å². The number of amides is 1. The third-order valence-corrected chi connectivity index (χ3v) is 6.34. The maximum absolute atomic E-state index is 12.4. The lowest BCUT2D eigenvalue weighted by molar-refractivity contribution is 0.0139. The Morgan fingerprint density at radius 1 is 0.970 bits per heavy atom. The minimum absolute atomic E-state index is 0.217. The number of carbonyl (C=O) groups is 1. The van der Waals surface area contributed by atoms with E-state index in [0.29, 0.717) is 13.1 Å². The molecule has 1 heterocycles. The quantitative estimate of drug-likeness (QED) is 0.564. The van der Waals surface area contributed by atoms with Gasteiger partial charge in [0.1, 0.15) is 11.4 Å². The Hall–Kier alpha value is -2.79. The Balaban J connectivity index is 1.53. The van der Waals surface area contributed by atoms with Crippen molar-refractivity contribution < 1.29 is 14.3 Å². The third kappa shape index (κ3) is 5.77. The van der Waals surface area contributed by atoms with Crippen LogP contribution >= 0.6 is 0 Å². The summed E-state index contributed by atoms with van der Waals surface area (Å²) in [5.74, 6) is 0.874. The molecule has 2 aromatic carbocycles. The number of methoxy groups -OCH3 is 1. The first kappa shape index (κ1) is 23.4. The summed E-state index contributed by atoms with van der Waals surface area (Å²) < 4.78 is 11.1. The van der Waals surface area contributed by atoms with Crippen molar-refractivity contribution in [2.75, 3.05) is 33.3 Å². The lowest BCUT2D eigenvalue weighted by Gasteiger charge is -2.36. The molecule has 0 radical (unpaired) electrons. The molecule has 1 amide bonds. The molecule has 33 heavy (non-hydrogen) atoms. The van der Waals surface area contributed by atoms with E-state index in [4.69, 9.17) is 9.47 Å². The number of ether oxygens (including phenoxy) is 2. The van der Waals surface area contributed by atoms with E-state index in [-0.39, 0.29) is 6.09 Å². The highest BCUT2D eigenvalue weighted by molar-refractivity contribution is 5.84. The van der Waals surface area contributed by atoms with Gasteiger partial charge in [-0.2, -0.15) is 0 Å². The standard InChI is InChI=1S/C28H36N2O3/c1-28(2,3)33-27(31)30-17-15-29(16-18-30)20-22-13-14-23(32-4)19-26(22)25-12-8-7-11-24(25)21-9-5-6-10-21/h7-9,11-14,19H,5-6,10,15-18,20H2,1-4H3. The molecule has 1 aliphatic heterocycles. The molecule has 4 rings (SSSR count). The zero-order valence-corrected chi connectivity index (χ0v) is 20.4. The molecule has 5 heteroatoms. The Kier molecular flexibility index (Phi) is 7.08.